The Kier molecular flexibility index (Phi) is 4.01. The van der Waals surface area contributed by atoms with E-state index in [0.29, 0.717) is 11.5 Å². The fourth-order valence-electron chi connectivity index (χ4n) is 1.91. The van der Waals surface area contributed by atoms with Crippen LogP contribution in [0.5, 0.6) is 23.0 Å². The lowest BCUT2D eigenvalue weighted by molar-refractivity contribution is 0.390. The highest BCUT2D eigenvalue weighted by Gasteiger charge is 2.11. The number of hydrogen-bond acceptors (Lipinski definition) is 2. The molecule has 0 aliphatic heterocycles. The molecule has 0 saturated carbocycles. The molecule has 2 nitrogen and oxygen atoms in total. The van der Waals surface area contributed by atoms with E-state index in [-0.39, 0.29) is 11.5 Å². The van der Waals surface area contributed by atoms with Crippen LogP contribution < -0.4 is 9.47 Å². The molecule has 0 fully saturated rings. The maximum Gasteiger partial charge on any atom is 0.170 e. The third-order valence-corrected chi connectivity index (χ3v) is 2.96. The lowest BCUT2D eigenvalue weighted by Gasteiger charge is -2.12. The molecule has 110 valence electrons. The fourth-order valence-corrected chi connectivity index (χ4v) is 1.91. The summed E-state index contributed by atoms with van der Waals surface area (Å²) >= 11 is 0. The van der Waals surface area contributed by atoms with Gasteiger partial charge >= 0.3 is 0 Å². The van der Waals surface area contributed by atoms with Gasteiger partial charge < -0.3 is 9.47 Å². The summed E-state index contributed by atoms with van der Waals surface area (Å²) in [6.45, 7) is 0. The van der Waals surface area contributed by atoms with Crippen LogP contribution in [-0.2, 0) is 0 Å². The van der Waals surface area contributed by atoms with E-state index < -0.39 is 11.6 Å². The molecule has 0 aromatic heterocycles. The second kappa shape index (κ2) is 6.26. The van der Waals surface area contributed by atoms with E-state index in [4.69, 9.17) is 9.47 Å². The van der Waals surface area contributed by atoms with Gasteiger partial charge in [0.2, 0.25) is 0 Å². The van der Waals surface area contributed by atoms with E-state index in [1.165, 1.54) is 24.3 Å². The number of rotatable bonds is 4. The Balaban J connectivity index is 1.91. The van der Waals surface area contributed by atoms with Crippen LogP contribution in [0.15, 0.2) is 72.8 Å². The molecule has 3 aromatic carbocycles. The van der Waals surface area contributed by atoms with Gasteiger partial charge in [0, 0.05) is 0 Å². The van der Waals surface area contributed by atoms with Crippen molar-refractivity contribution in [3.63, 3.8) is 0 Å². The van der Waals surface area contributed by atoms with Crippen LogP contribution in [-0.4, -0.2) is 0 Å². The maximum absolute atomic E-state index is 13.7. The molecule has 0 atom stereocenters. The first-order valence-electron chi connectivity index (χ1n) is 6.68. The molecule has 3 aromatic rings. The Morgan fingerprint density at radius 2 is 0.773 bits per heavy atom. The molecule has 0 heterocycles. The Morgan fingerprint density at radius 3 is 1.14 bits per heavy atom. The quantitative estimate of drug-likeness (QED) is 0.628. The monoisotopic (exact) mass is 298 g/mol. The standard InChI is InChI=1S/C18H12F2O2/c19-13-7-1-3-9-15(13)21-17-11-5-6-12-18(17)22-16-10-4-2-8-14(16)20/h1-12H. The van der Waals surface area contributed by atoms with Crippen molar-refractivity contribution in [2.75, 3.05) is 0 Å². The zero-order chi connectivity index (χ0) is 15.4. The van der Waals surface area contributed by atoms with Crippen molar-refractivity contribution >= 4 is 0 Å². The van der Waals surface area contributed by atoms with Gasteiger partial charge in [-0.25, -0.2) is 8.78 Å². The number of halogens is 2. The summed E-state index contributed by atoms with van der Waals surface area (Å²) in [6, 6.07) is 18.8. The second-order valence-corrected chi connectivity index (χ2v) is 4.51. The zero-order valence-corrected chi connectivity index (χ0v) is 11.5. The van der Waals surface area contributed by atoms with Crippen LogP contribution in [0, 0.1) is 11.6 Å². The van der Waals surface area contributed by atoms with Crippen molar-refractivity contribution in [2.24, 2.45) is 0 Å². The largest absolute Gasteiger partial charge is 0.450 e. The van der Waals surface area contributed by atoms with Crippen LogP contribution in [0.1, 0.15) is 0 Å². The molecular weight excluding hydrogens is 286 g/mol. The van der Waals surface area contributed by atoms with Gasteiger partial charge in [-0.15, -0.1) is 0 Å². The Labute approximate surface area is 126 Å². The Bertz CT molecular complexity index is 721. The third kappa shape index (κ3) is 3.06. The first-order chi connectivity index (χ1) is 10.7. The van der Waals surface area contributed by atoms with Crippen LogP contribution in [0.4, 0.5) is 8.78 Å². The SMILES string of the molecule is Fc1ccccc1Oc1ccccc1Oc1ccccc1F. The minimum absolute atomic E-state index is 0.0760. The van der Waals surface area contributed by atoms with Gasteiger partial charge in [-0.2, -0.15) is 0 Å². The summed E-state index contributed by atoms with van der Waals surface area (Å²) in [5.41, 5.74) is 0. The van der Waals surface area contributed by atoms with Crippen molar-refractivity contribution in [3.05, 3.63) is 84.4 Å². The molecule has 0 spiro atoms. The van der Waals surface area contributed by atoms with E-state index in [9.17, 15) is 8.78 Å². The average Bonchev–Trinajstić information content (AvgIpc) is 2.53. The average molecular weight is 298 g/mol. The molecule has 0 radical (unpaired) electrons. The summed E-state index contributed by atoms with van der Waals surface area (Å²) in [5.74, 6) is -0.211. The number of benzene rings is 3. The van der Waals surface area contributed by atoms with Crippen molar-refractivity contribution in [1.29, 1.82) is 0 Å². The molecule has 0 aliphatic carbocycles. The first-order valence-corrected chi connectivity index (χ1v) is 6.68. The summed E-state index contributed by atoms with van der Waals surface area (Å²) in [7, 11) is 0. The van der Waals surface area contributed by atoms with Gasteiger partial charge in [-0.3, -0.25) is 0 Å². The van der Waals surface area contributed by atoms with Crippen molar-refractivity contribution in [2.45, 2.75) is 0 Å². The normalized spacial score (nSPS) is 10.3. The molecule has 0 amide bonds. The zero-order valence-electron chi connectivity index (χ0n) is 11.5. The van der Waals surface area contributed by atoms with Crippen LogP contribution >= 0.6 is 0 Å². The lowest BCUT2D eigenvalue weighted by atomic mass is 10.3. The van der Waals surface area contributed by atoms with Gasteiger partial charge in [0.25, 0.3) is 0 Å². The van der Waals surface area contributed by atoms with E-state index in [1.807, 2.05) is 0 Å². The number of ether oxygens (including phenoxy) is 2. The highest BCUT2D eigenvalue weighted by molar-refractivity contribution is 5.45. The molecule has 3 rings (SSSR count). The van der Waals surface area contributed by atoms with Gasteiger partial charge in [-0.1, -0.05) is 36.4 Å². The highest BCUT2D eigenvalue weighted by Crippen LogP contribution is 2.35. The molecule has 22 heavy (non-hydrogen) atoms. The first kappa shape index (κ1) is 14.1. The molecule has 0 bridgehead atoms. The predicted molar refractivity (Wildman–Crippen MR) is 79.4 cm³/mol. The summed E-state index contributed by atoms with van der Waals surface area (Å²) in [5, 5.41) is 0. The third-order valence-electron chi connectivity index (χ3n) is 2.96. The smallest absolute Gasteiger partial charge is 0.170 e. The Hall–Kier alpha value is -2.88. The van der Waals surface area contributed by atoms with E-state index in [2.05, 4.69) is 0 Å². The van der Waals surface area contributed by atoms with Crippen LogP contribution in [0.2, 0.25) is 0 Å². The molecule has 0 unspecified atom stereocenters. The summed E-state index contributed by atoms with van der Waals surface area (Å²) in [6.07, 6.45) is 0. The fraction of sp³-hybridized carbons (Fsp3) is 0. The summed E-state index contributed by atoms with van der Waals surface area (Å²) in [4.78, 5) is 0. The number of hydrogen-bond donors (Lipinski definition) is 0. The number of para-hydroxylation sites is 4. The lowest BCUT2D eigenvalue weighted by Crippen LogP contribution is -1.93. The van der Waals surface area contributed by atoms with Crippen molar-refractivity contribution < 1.29 is 18.3 Å². The van der Waals surface area contributed by atoms with Gasteiger partial charge in [0.1, 0.15) is 0 Å². The highest BCUT2D eigenvalue weighted by atomic mass is 19.1. The van der Waals surface area contributed by atoms with Crippen LogP contribution in [0.25, 0.3) is 0 Å². The van der Waals surface area contributed by atoms with E-state index >= 15 is 0 Å². The summed E-state index contributed by atoms with van der Waals surface area (Å²) < 4.78 is 38.4. The van der Waals surface area contributed by atoms with Crippen LogP contribution in [0.3, 0.4) is 0 Å². The predicted octanol–water partition coefficient (Wildman–Crippen LogP) is 5.55. The van der Waals surface area contributed by atoms with Crippen molar-refractivity contribution in [3.8, 4) is 23.0 Å². The minimum Gasteiger partial charge on any atom is -0.450 e. The van der Waals surface area contributed by atoms with Gasteiger partial charge in [-0.05, 0) is 36.4 Å². The topological polar surface area (TPSA) is 18.5 Å². The molecule has 4 heteroatoms. The Morgan fingerprint density at radius 1 is 0.455 bits per heavy atom. The van der Waals surface area contributed by atoms with E-state index in [1.54, 1.807) is 48.5 Å². The molecular formula is C18H12F2O2. The maximum atomic E-state index is 13.7. The molecule has 0 aliphatic rings. The molecule has 0 saturated heterocycles. The van der Waals surface area contributed by atoms with Crippen molar-refractivity contribution in [1.82, 2.24) is 0 Å². The van der Waals surface area contributed by atoms with Gasteiger partial charge in [0.15, 0.2) is 34.6 Å². The molecule has 0 N–H and O–H groups in total. The minimum atomic E-state index is -0.483. The van der Waals surface area contributed by atoms with E-state index in [0.717, 1.165) is 0 Å². The van der Waals surface area contributed by atoms with Gasteiger partial charge in [0.05, 0.1) is 0 Å². The second-order valence-electron chi connectivity index (χ2n) is 4.51.